The Morgan fingerprint density at radius 3 is 2.29 bits per heavy atom. The first-order valence-electron chi connectivity index (χ1n) is 11.6. The normalized spacial score (nSPS) is 14.2. The van der Waals surface area contributed by atoms with Crippen LogP contribution in [0.25, 0.3) is 22.0 Å². The molecule has 0 saturated carbocycles. The van der Waals surface area contributed by atoms with Gasteiger partial charge in [0, 0.05) is 25.5 Å². The molecule has 1 saturated heterocycles. The van der Waals surface area contributed by atoms with E-state index in [4.69, 9.17) is 4.74 Å². The van der Waals surface area contributed by atoms with Crippen LogP contribution in [0.15, 0.2) is 77.6 Å². The molecule has 2 heterocycles. The number of hydrogen-bond acceptors (Lipinski definition) is 4. The van der Waals surface area contributed by atoms with E-state index >= 15 is 0 Å². The summed E-state index contributed by atoms with van der Waals surface area (Å²) in [6, 6.07) is 26.8. The lowest BCUT2D eigenvalue weighted by atomic mass is 9.88. The molecule has 0 spiro atoms. The van der Waals surface area contributed by atoms with Crippen molar-refractivity contribution in [3.05, 3.63) is 94.3 Å². The number of methoxy groups -OCH3 is 1. The van der Waals surface area contributed by atoms with Crippen LogP contribution in [0, 0.1) is 11.3 Å². The number of nitriles is 1. The van der Waals surface area contributed by atoms with E-state index in [9.17, 15) is 10.1 Å². The van der Waals surface area contributed by atoms with Crippen molar-refractivity contribution in [2.75, 3.05) is 25.1 Å². The average molecular weight is 450 g/mol. The highest BCUT2D eigenvalue weighted by Crippen LogP contribution is 2.36. The molecule has 1 fully saturated rings. The van der Waals surface area contributed by atoms with Gasteiger partial charge in [-0.15, -0.1) is 0 Å². The summed E-state index contributed by atoms with van der Waals surface area (Å²) in [5, 5.41) is 10.9. The number of hydrogen-bond donors (Lipinski definition) is 0. The van der Waals surface area contributed by atoms with E-state index < -0.39 is 0 Å². The van der Waals surface area contributed by atoms with Crippen LogP contribution in [0.1, 0.15) is 29.9 Å². The van der Waals surface area contributed by atoms with E-state index in [0.717, 1.165) is 59.4 Å². The average Bonchev–Trinajstić information content (AvgIpc) is 2.91. The molecular weight excluding hydrogens is 422 g/mol. The van der Waals surface area contributed by atoms with Gasteiger partial charge in [-0.05, 0) is 53.6 Å². The van der Waals surface area contributed by atoms with Crippen molar-refractivity contribution in [3.63, 3.8) is 0 Å². The lowest BCUT2D eigenvalue weighted by Gasteiger charge is -2.35. The minimum atomic E-state index is -0.243. The zero-order chi connectivity index (χ0) is 23.7. The number of rotatable bonds is 4. The number of aryl methyl sites for hydroxylation is 1. The van der Waals surface area contributed by atoms with Crippen LogP contribution in [0.4, 0.5) is 5.69 Å². The van der Waals surface area contributed by atoms with E-state index in [1.807, 2.05) is 30.3 Å². The highest BCUT2D eigenvalue weighted by Gasteiger charge is 2.26. The topological polar surface area (TPSA) is 58.3 Å². The zero-order valence-corrected chi connectivity index (χ0v) is 19.5. The number of anilines is 1. The predicted molar refractivity (Wildman–Crippen MR) is 137 cm³/mol. The molecule has 34 heavy (non-hydrogen) atoms. The molecular formula is C29H27N3O2. The van der Waals surface area contributed by atoms with Gasteiger partial charge in [-0.3, -0.25) is 4.79 Å². The molecule has 1 aromatic heterocycles. The van der Waals surface area contributed by atoms with Gasteiger partial charge < -0.3 is 14.2 Å². The Hall–Kier alpha value is -4.04. The Morgan fingerprint density at radius 2 is 1.65 bits per heavy atom. The smallest absolute Gasteiger partial charge is 0.270 e. The largest absolute Gasteiger partial charge is 0.497 e. The van der Waals surface area contributed by atoms with E-state index in [-0.39, 0.29) is 11.1 Å². The molecule has 5 nitrogen and oxygen atoms in total. The summed E-state index contributed by atoms with van der Waals surface area (Å²) in [6.45, 7) is 1.60. The second-order valence-corrected chi connectivity index (χ2v) is 8.83. The van der Waals surface area contributed by atoms with Gasteiger partial charge in [0.2, 0.25) is 0 Å². The Morgan fingerprint density at radius 1 is 0.941 bits per heavy atom. The molecule has 5 rings (SSSR count). The van der Waals surface area contributed by atoms with Crippen LogP contribution in [0.5, 0.6) is 5.75 Å². The second kappa shape index (κ2) is 9.07. The third-order valence-corrected chi connectivity index (χ3v) is 6.99. The van der Waals surface area contributed by atoms with Crippen molar-refractivity contribution in [3.8, 4) is 22.9 Å². The van der Waals surface area contributed by atoms with Gasteiger partial charge in [-0.2, -0.15) is 5.26 Å². The lowest BCUT2D eigenvalue weighted by molar-refractivity contribution is 0.414. The summed E-state index contributed by atoms with van der Waals surface area (Å²) >= 11 is 0. The van der Waals surface area contributed by atoms with Gasteiger partial charge in [0.25, 0.3) is 5.56 Å². The maximum absolute atomic E-state index is 13.2. The maximum atomic E-state index is 13.2. The second-order valence-electron chi connectivity index (χ2n) is 8.83. The quantitative estimate of drug-likeness (QED) is 0.415. The summed E-state index contributed by atoms with van der Waals surface area (Å²) < 4.78 is 6.89. The molecule has 0 unspecified atom stereocenters. The fourth-order valence-corrected chi connectivity index (χ4v) is 5.07. The van der Waals surface area contributed by atoms with Crippen molar-refractivity contribution < 1.29 is 4.74 Å². The molecule has 3 aromatic carbocycles. The molecule has 0 aliphatic carbocycles. The number of aromatic nitrogens is 1. The molecule has 0 radical (unpaired) electrons. The minimum Gasteiger partial charge on any atom is -0.497 e. The monoisotopic (exact) mass is 449 g/mol. The number of pyridine rings is 1. The molecule has 0 N–H and O–H groups in total. The molecule has 0 bridgehead atoms. The van der Waals surface area contributed by atoms with E-state index in [0.29, 0.717) is 5.92 Å². The standard InChI is InChI=1S/C29H27N3O2/c1-31-27-18-23(20-6-4-3-5-7-20)10-13-25(27)28(26(19-30)29(31)33)32-16-14-22(15-17-32)21-8-11-24(34-2)12-9-21/h3-13,18,22H,14-17H2,1-2H3. The van der Waals surface area contributed by atoms with Crippen molar-refractivity contribution in [1.29, 1.82) is 5.26 Å². The molecule has 1 aliphatic rings. The van der Waals surface area contributed by atoms with Gasteiger partial charge in [-0.25, -0.2) is 0 Å². The first-order valence-corrected chi connectivity index (χ1v) is 11.6. The highest BCUT2D eigenvalue weighted by atomic mass is 16.5. The van der Waals surface area contributed by atoms with Crippen LogP contribution in [0.2, 0.25) is 0 Å². The van der Waals surface area contributed by atoms with Crippen LogP contribution >= 0.6 is 0 Å². The fourth-order valence-electron chi connectivity index (χ4n) is 5.07. The SMILES string of the molecule is COc1ccc(C2CCN(c3c(C#N)c(=O)n(C)c4cc(-c5ccccc5)ccc34)CC2)cc1. The molecule has 4 aromatic rings. The van der Waals surface area contributed by atoms with Crippen LogP contribution in [-0.4, -0.2) is 24.8 Å². The van der Waals surface area contributed by atoms with Crippen molar-refractivity contribution in [2.45, 2.75) is 18.8 Å². The molecule has 0 amide bonds. The molecule has 5 heteroatoms. The van der Waals surface area contributed by atoms with Gasteiger partial charge in [0.15, 0.2) is 0 Å². The Balaban J connectivity index is 1.52. The van der Waals surface area contributed by atoms with Gasteiger partial charge in [0.05, 0.1) is 18.3 Å². The fraction of sp³-hybridized carbons (Fsp3) is 0.241. The summed E-state index contributed by atoms with van der Waals surface area (Å²) in [4.78, 5) is 15.4. The van der Waals surface area contributed by atoms with E-state index in [2.05, 4.69) is 53.4 Å². The number of nitrogens with zero attached hydrogens (tertiary/aromatic N) is 3. The molecule has 1 aliphatic heterocycles. The third kappa shape index (κ3) is 3.82. The Labute approximate surface area is 199 Å². The van der Waals surface area contributed by atoms with Crippen molar-refractivity contribution >= 4 is 16.6 Å². The zero-order valence-electron chi connectivity index (χ0n) is 19.5. The van der Waals surface area contributed by atoms with Crippen LogP contribution in [-0.2, 0) is 7.05 Å². The molecule has 170 valence electrons. The summed E-state index contributed by atoms with van der Waals surface area (Å²) in [6.07, 6.45) is 1.94. The van der Waals surface area contributed by atoms with Crippen LogP contribution < -0.4 is 15.2 Å². The van der Waals surface area contributed by atoms with Crippen LogP contribution in [0.3, 0.4) is 0 Å². The maximum Gasteiger partial charge on any atom is 0.270 e. The minimum absolute atomic E-state index is 0.227. The third-order valence-electron chi connectivity index (χ3n) is 6.99. The van der Waals surface area contributed by atoms with Gasteiger partial charge in [-0.1, -0.05) is 54.6 Å². The van der Waals surface area contributed by atoms with Gasteiger partial charge in [0.1, 0.15) is 17.4 Å². The Kier molecular flexibility index (Phi) is 5.81. The summed E-state index contributed by atoms with van der Waals surface area (Å²) in [5.41, 5.74) is 5.06. The Bertz CT molecular complexity index is 1430. The summed E-state index contributed by atoms with van der Waals surface area (Å²) in [7, 11) is 3.43. The molecule has 0 atom stereocenters. The number of piperidine rings is 1. The van der Waals surface area contributed by atoms with E-state index in [1.165, 1.54) is 5.56 Å². The van der Waals surface area contributed by atoms with Crippen molar-refractivity contribution in [2.24, 2.45) is 7.05 Å². The first-order chi connectivity index (χ1) is 16.6. The summed E-state index contributed by atoms with van der Waals surface area (Å²) in [5.74, 6) is 1.32. The number of benzene rings is 3. The number of ether oxygens (including phenoxy) is 1. The first kappa shape index (κ1) is 21.8. The lowest BCUT2D eigenvalue weighted by Crippen LogP contribution is -2.35. The van der Waals surface area contributed by atoms with E-state index in [1.54, 1.807) is 18.7 Å². The highest BCUT2D eigenvalue weighted by molar-refractivity contribution is 5.97. The van der Waals surface area contributed by atoms with Gasteiger partial charge >= 0.3 is 0 Å². The van der Waals surface area contributed by atoms with Crippen molar-refractivity contribution in [1.82, 2.24) is 4.57 Å². The number of fused-ring (bicyclic) bond motifs is 1. The predicted octanol–water partition coefficient (Wildman–Crippen LogP) is 5.47.